The molecule has 0 saturated carbocycles. The van der Waals surface area contributed by atoms with Gasteiger partial charge in [-0.05, 0) is 12.1 Å². The number of urea groups is 1. The lowest BCUT2D eigenvalue weighted by molar-refractivity contribution is -0.143. The molecule has 7 nitrogen and oxygen atoms in total. The summed E-state index contributed by atoms with van der Waals surface area (Å²) in [5.41, 5.74) is 1.38. The number of carbonyl (C=O) groups is 3. The number of nitrogens with zero attached hydrogens (tertiary/aromatic N) is 2. The van der Waals surface area contributed by atoms with Crippen molar-refractivity contribution in [2.75, 3.05) is 14.2 Å². The molecule has 1 heterocycles. The Balaban J connectivity index is 1.85. The highest BCUT2D eigenvalue weighted by atomic mass is 16.5. The van der Waals surface area contributed by atoms with Crippen LogP contribution in [0.5, 0.6) is 11.5 Å². The average molecular weight is 368 g/mol. The maximum atomic E-state index is 12.9. The number of carbonyl (C=O) groups excluding carboxylic acids is 3. The Labute approximate surface area is 157 Å². The van der Waals surface area contributed by atoms with E-state index in [-0.39, 0.29) is 19.5 Å². The molecule has 3 rings (SSSR count). The van der Waals surface area contributed by atoms with Crippen molar-refractivity contribution < 1.29 is 23.9 Å². The molecule has 4 amide bonds. The molecule has 0 bridgehead atoms. The van der Waals surface area contributed by atoms with Gasteiger partial charge < -0.3 is 9.47 Å². The van der Waals surface area contributed by atoms with Crippen molar-refractivity contribution in [3.63, 3.8) is 0 Å². The summed E-state index contributed by atoms with van der Waals surface area (Å²) in [5.74, 6) is 0.108. The second kappa shape index (κ2) is 7.90. The number of amides is 4. The van der Waals surface area contributed by atoms with Crippen molar-refractivity contribution in [2.24, 2.45) is 0 Å². The third kappa shape index (κ3) is 3.76. The van der Waals surface area contributed by atoms with Crippen molar-refractivity contribution in [3.8, 4) is 11.5 Å². The van der Waals surface area contributed by atoms with E-state index in [1.807, 2.05) is 0 Å². The second-order valence-corrected chi connectivity index (χ2v) is 6.04. The minimum atomic E-state index is -0.645. The molecule has 140 valence electrons. The number of imide groups is 2. The fraction of sp³-hybridized carbons (Fsp3) is 0.250. The SMILES string of the molecule is COc1ccccc1CN1C(=O)CC(=O)N(Cc2ccccc2OC)C1=O. The lowest BCUT2D eigenvalue weighted by Crippen LogP contribution is -2.54. The van der Waals surface area contributed by atoms with Gasteiger partial charge in [0.25, 0.3) is 0 Å². The van der Waals surface area contributed by atoms with E-state index in [0.29, 0.717) is 22.6 Å². The van der Waals surface area contributed by atoms with Crippen molar-refractivity contribution in [3.05, 3.63) is 59.7 Å². The van der Waals surface area contributed by atoms with Crippen LogP contribution in [0.1, 0.15) is 17.5 Å². The fourth-order valence-electron chi connectivity index (χ4n) is 3.00. The maximum absolute atomic E-state index is 12.9. The van der Waals surface area contributed by atoms with E-state index in [1.54, 1.807) is 48.5 Å². The molecule has 0 aliphatic carbocycles. The predicted octanol–water partition coefficient (Wildman–Crippen LogP) is 2.58. The van der Waals surface area contributed by atoms with Crippen LogP contribution in [0.2, 0.25) is 0 Å². The molecule has 0 spiro atoms. The molecule has 0 unspecified atom stereocenters. The fourth-order valence-corrected chi connectivity index (χ4v) is 3.00. The zero-order valence-corrected chi connectivity index (χ0v) is 15.2. The van der Waals surface area contributed by atoms with Gasteiger partial charge in [-0.25, -0.2) is 4.79 Å². The number of hydrogen-bond acceptors (Lipinski definition) is 5. The molecule has 27 heavy (non-hydrogen) atoms. The number of barbiturate groups is 1. The highest BCUT2D eigenvalue weighted by Crippen LogP contribution is 2.25. The summed E-state index contributed by atoms with van der Waals surface area (Å²) in [6, 6.07) is 13.6. The molecule has 1 fully saturated rings. The van der Waals surface area contributed by atoms with Gasteiger partial charge in [0.1, 0.15) is 17.9 Å². The molecule has 1 aliphatic heterocycles. The monoisotopic (exact) mass is 368 g/mol. The number of rotatable bonds is 6. The van der Waals surface area contributed by atoms with Gasteiger partial charge in [0.05, 0.1) is 27.3 Å². The van der Waals surface area contributed by atoms with E-state index >= 15 is 0 Å². The van der Waals surface area contributed by atoms with Crippen LogP contribution in [-0.4, -0.2) is 41.9 Å². The van der Waals surface area contributed by atoms with Crippen LogP contribution >= 0.6 is 0 Å². The van der Waals surface area contributed by atoms with Crippen LogP contribution in [0.4, 0.5) is 4.79 Å². The van der Waals surface area contributed by atoms with Gasteiger partial charge in [-0.2, -0.15) is 0 Å². The highest BCUT2D eigenvalue weighted by molar-refractivity contribution is 6.14. The number of benzene rings is 2. The highest BCUT2D eigenvalue weighted by Gasteiger charge is 2.38. The van der Waals surface area contributed by atoms with E-state index in [2.05, 4.69) is 0 Å². The molecule has 0 atom stereocenters. The number of para-hydroxylation sites is 2. The minimum absolute atomic E-state index is 0.0391. The van der Waals surface area contributed by atoms with E-state index < -0.39 is 17.8 Å². The van der Waals surface area contributed by atoms with Gasteiger partial charge in [-0.15, -0.1) is 0 Å². The van der Waals surface area contributed by atoms with Crippen molar-refractivity contribution in [1.29, 1.82) is 0 Å². The minimum Gasteiger partial charge on any atom is -0.496 e. The normalized spacial score (nSPS) is 14.5. The summed E-state index contributed by atoms with van der Waals surface area (Å²) in [6.45, 7) is 0.0781. The zero-order valence-electron chi connectivity index (χ0n) is 15.2. The Morgan fingerprint density at radius 2 is 1.15 bits per heavy atom. The van der Waals surface area contributed by atoms with Gasteiger partial charge in [0, 0.05) is 11.1 Å². The van der Waals surface area contributed by atoms with Crippen LogP contribution in [0.3, 0.4) is 0 Å². The summed E-state index contributed by atoms with van der Waals surface area (Å²) >= 11 is 0. The molecule has 1 saturated heterocycles. The van der Waals surface area contributed by atoms with E-state index in [0.717, 1.165) is 9.80 Å². The lowest BCUT2D eigenvalue weighted by atomic mass is 10.1. The Hall–Kier alpha value is -3.35. The largest absolute Gasteiger partial charge is 0.496 e. The second-order valence-electron chi connectivity index (χ2n) is 6.04. The summed E-state index contributed by atoms with van der Waals surface area (Å²) in [7, 11) is 3.05. The summed E-state index contributed by atoms with van der Waals surface area (Å²) in [6.07, 6.45) is -0.351. The predicted molar refractivity (Wildman–Crippen MR) is 97.1 cm³/mol. The van der Waals surface area contributed by atoms with Gasteiger partial charge in [-0.1, -0.05) is 36.4 Å². The number of ether oxygens (including phenoxy) is 2. The molecule has 2 aromatic rings. The quantitative estimate of drug-likeness (QED) is 0.733. The van der Waals surface area contributed by atoms with E-state index in [1.165, 1.54) is 14.2 Å². The Bertz CT molecular complexity index is 811. The molecule has 7 heteroatoms. The summed E-state index contributed by atoms with van der Waals surface area (Å²) < 4.78 is 10.6. The first kappa shape index (κ1) is 18.4. The van der Waals surface area contributed by atoms with Gasteiger partial charge in [-0.3, -0.25) is 19.4 Å². The number of hydrogen-bond donors (Lipinski definition) is 0. The third-order valence-corrected chi connectivity index (χ3v) is 4.41. The Morgan fingerprint density at radius 3 is 1.56 bits per heavy atom. The lowest BCUT2D eigenvalue weighted by Gasteiger charge is -2.33. The zero-order chi connectivity index (χ0) is 19.4. The molecular weight excluding hydrogens is 348 g/mol. The molecule has 2 aromatic carbocycles. The smallest absolute Gasteiger partial charge is 0.334 e. The average Bonchev–Trinajstić information content (AvgIpc) is 2.69. The maximum Gasteiger partial charge on any atom is 0.334 e. The van der Waals surface area contributed by atoms with E-state index in [9.17, 15) is 14.4 Å². The standard InChI is InChI=1S/C20H20N2O5/c1-26-16-9-5-3-7-14(16)12-21-18(23)11-19(24)22(20(21)25)13-15-8-4-6-10-17(15)27-2/h3-10H,11-13H2,1-2H3. The molecular formula is C20H20N2O5. The third-order valence-electron chi connectivity index (χ3n) is 4.41. The molecule has 1 aliphatic rings. The first-order valence-electron chi connectivity index (χ1n) is 8.43. The summed E-state index contributed by atoms with van der Waals surface area (Å²) in [5, 5.41) is 0. The van der Waals surface area contributed by atoms with Crippen LogP contribution in [0.25, 0.3) is 0 Å². The molecule has 0 aromatic heterocycles. The van der Waals surface area contributed by atoms with E-state index in [4.69, 9.17) is 9.47 Å². The van der Waals surface area contributed by atoms with Crippen LogP contribution in [0, 0.1) is 0 Å². The Kier molecular flexibility index (Phi) is 5.40. The molecule has 0 N–H and O–H groups in total. The number of methoxy groups -OCH3 is 2. The first-order chi connectivity index (χ1) is 13.0. The van der Waals surface area contributed by atoms with Crippen LogP contribution < -0.4 is 9.47 Å². The Morgan fingerprint density at radius 1 is 0.741 bits per heavy atom. The molecule has 0 radical (unpaired) electrons. The van der Waals surface area contributed by atoms with Gasteiger partial charge in [0.2, 0.25) is 11.8 Å². The van der Waals surface area contributed by atoms with Crippen LogP contribution in [0.15, 0.2) is 48.5 Å². The van der Waals surface area contributed by atoms with Gasteiger partial charge in [0.15, 0.2) is 0 Å². The van der Waals surface area contributed by atoms with Gasteiger partial charge >= 0.3 is 6.03 Å². The van der Waals surface area contributed by atoms with Crippen LogP contribution in [-0.2, 0) is 22.7 Å². The van der Waals surface area contributed by atoms with Crippen molar-refractivity contribution in [2.45, 2.75) is 19.5 Å². The van der Waals surface area contributed by atoms with Crippen molar-refractivity contribution in [1.82, 2.24) is 9.80 Å². The first-order valence-corrected chi connectivity index (χ1v) is 8.43. The topological polar surface area (TPSA) is 76.2 Å². The summed E-state index contributed by atoms with van der Waals surface area (Å²) in [4.78, 5) is 39.7. The van der Waals surface area contributed by atoms with Crippen molar-refractivity contribution >= 4 is 17.8 Å².